The molecule has 84 valence electrons. The summed E-state index contributed by atoms with van der Waals surface area (Å²) in [5.74, 6) is 1.71. The highest BCUT2D eigenvalue weighted by molar-refractivity contribution is 5.15. The third-order valence-electron chi connectivity index (χ3n) is 2.83. The maximum absolute atomic E-state index is 6.05. The molecule has 1 unspecified atom stereocenters. The molecule has 0 bridgehead atoms. The molecule has 0 spiro atoms. The fourth-order valence-electron chi connectivity index (χ4n) is 1.67. The Morgan fingerprint density at radius 2 is 2.38 bits per heavy atom. The Hall–Kier alpha value is -1.69. The Bertz CT molecular complexity index is 499. The van der Waals surface area contributed by atoms with Crippen LogP contribution in [-0.2, 0) is 7.05 Å². The number of nitrogens with two attached hydrogens (primary N) is 1. The molecule has 2 aromatic rings. The highest BCUT2D eigenvalue weighted by atomic mass is 16.5. The summed E-state index contributed by atoms with van der Waals surface area (Å²) >= 11 is 0. The third kappa shape index (κ3) is 1.51. The minimum Gasteiger partial charge on any atom is -0.339 e. The Morgan fingerprint density at radius 3 is 3.00 bits per heavy atom. The van der Waals surface area contributed by atoms with Gasteiger partial charge in [-0.3, -0.25) is 0 Å². The van der Waals surface area contributed by atoms with E-state index in [0.717, 1.165) is 18.5 Å². The van der Waals surface area contributed by atoms with Crippen molar-refractivity contribution in [3.05, 3.63) is 29.9 Å². The Labute approximate surface area is 92.5 Å². The molecule has 16 heavy (non-hydrogen) atoms. The first-order chi connectivity index (χ1) is 7.75. The lowest BCUT2D eigenvalue weighted by atomic mass is 10.2. The number of nitrogens with zero attached hydrogens (tertiary/aromatic N) is 4. The highest BCUT2D eigenvalue weighted by Crippen LogP contribution is 2.39. The quantitative estimate of drug-likeness (QED) is 0.822. The highest BCUT2D eigenvalue weighted by Gasteiger charge is 2.30. The average Bonchev–Trinajstić information content (AvgIpc) is 2.86. The topological polar surface area (TPSA) is 82.8 Å². The van der Waals surface area contributed by atoms with E-state index in [1.807, 2.05) is 11.6 Å². The van der Waals surface area contributed by atoms with Crippen LogP contribution in [0.2, 0.25) is 0 Å². The van der Waals surface area contributed by atoms with Gasteiger partial charge in [-0.15, -0.1) is 0 Å². The molecule has 2 N–H and O–H groups in total. The van der Waals surface area contributed by atoms with Crippen molar-refractivity contribution in [3.8, 4) is 0 Å². The van der Waals surface area contributed by atoms with Gasteiger partial charge in [0.25, 0.3) is 0 Å². The summed E-state index contributed by atoms with van der Waals surface area (Å²) in [5, 5.41) is 3.92. The maximum atomic E-state index is 6.05. The van der Waals surface area contributed by atoms with Crippen LogP contribution < -0.4 is 5.73 Å². The van der Waals surface area contributed by atoms with Crippen molar-refractivity contribution in [2.24, 2.45) is 12.8 Å². The summed E-state index contributed by atoms with van der Waals surface area (Å²) in [4.78, 5) is 8.34. The number of imidazole rings is 1. The summed E-state index contributed by atoms with van der Waals surface area (Å²) in [7, 11) is 1.89. The van der Waals surface area contributed by atoms with Crippen LogP contribution in [0.5, 0.6) is 0 Å². The minimum absolute atomic E-state index is 0.372. The molecule has 1 fully saturated rings. The summed E-state index contributed by atoms with van der Waals surface area (Å²) < 4.78 is 7.04. The van der Waals surface area contributed by atoms with Gasteiger partial charge >= 0.3 is 0 Å². The second-order valence-electron chi connectivity index (χ2n) is 4.17. The smallest absolute Gasteiger partial charge is 0.229 e. The number of hydrogen-bond donors (Lipinski definition) is 1. The molecule has 6 nitrogen and oxygen atoms in total. The molecule has 1 aliphatic carbocycles. The van der Waals surface area contributed by atoms with E-state index in [9.17, 15) is 0 Å². The zero-order chi connectivity index (χ0) is 11.1. The van der Waals surface area contributed by atoms with Gasteiger partial charge in [0.2, 0.25) is 5.89 Å². The Morgan fingerprint density at radius 1 is 1.56 bits per heavy atom. The molecular formula is C10H13N5O. The van der Waals surface area contributed by atoms with Gasteiger partial charge in [-0.1, -0.05) is 5.16 Å². The number of hydrogen-bond acceptors (Lipinski definition) is 5. The Balaban J connectivity index is 1.88. The maximum Gasteiger partial charge on any atom is 0.229 e. The molecule has 1 saturated carbocycles. The molecule has 0 radical (unpaired) electrons. The van der Waals surface area contributed by atoms with Crippen molar-refractivity contribution in [3.63, 3.8) is 0 Å². The molecule has 2 aromatic heterocycles. The molecule has 0 aromatic carbocycles. The number of aryl methyl sites for hydroxylation is 1. The van der Waals surface area contributed by atoms with Crippen LogP contribution in [0, 0.1) is 0 Å². The number of rotatable bonds is 3. The van der Waals surface area contributed by atoms with Gasteiger partial charge in [-0.2, -0.15) is 4.98 Å². The lowest BCUT2D eigenvalue weighted by Gasteiger charge is -2.06. The van der Waals surface area contributed by atoms with Crippen LogP contribution >= 0.6 is 0 Å². The SMILES string of the molecule is Cn1cncc1C(N)c1noc(C2CC2)n1. The van der Waals surface area contributed by atoms with E-state index in [0.29, 0.717) is 17.6 Å². The summed E-state index contributed by atoms with van der Waals surface area (Å²) in [5.41, 5.74) is 6.93. The first-order valence-electron chi connectivity index (χ1n) is 5.31. The van der Waals surface area contributed by atoms with Crippen molar-refractivity contribution in [2.45, 2.75) is 24.8 Å². The lowest BCUT2D eigenvalue weighted by Crippen LogP contribution is -2.16. The predicted molar refractivity (Wildman–Crippen MR) is 55.5 cm³/mol. The monoisotopic (exact) mass is 219 g/mol. The summed E-state index contributed by atoms with van der Waals surface area (Å²) in [6.45, 7) is 0. The lowest BCUT2D eigenvalue weighted by molar-refractivity contribution is 0.372. The van der Waals surface area contributed by atoms with E-state index in [-0.39, 0.29) is 6.04 Å². The third-order valence-corrected chi connectivity index (χ3v) is 2.83. The van der Waals surface area contributed by atoms with Gasteiger partial charge < -0.3 is 14.8 Å². The van der Waals surface area contributed by atoms with Gasteiger partial charge in [0, 0.05) is 13.0 Å². The van der Waals surface area contributed by atoms with Gasteiger partial charge in [-0.25, -0.2) is 4.98 Å². The minimum atomic E-state index is -0.372. The van der Waals surface area contributed by atoms with E-state index in [4.69, 9.17) is 10.3 Å². The first-order valence-corrected chi connectivity index (χ1v) is 5.31. The standard InChI is InChI=1S/C10H13N5O/c1-15-5-12-4-7(15)8(11)9-13-10(16-14-9)6-2-3-6/h4-6,8H,2-3,11H2,1H3. The van der Waals surface area contributed by atoms with Crippen LogP contribution in [0.1, 0.15) is 42.2 Å². The molecule has 0 amide bonds. The van der Waals surface area contributed by atoms with Gasteiger partial charge in [-0.05, 0) is 12.8 Å². The van der Waals surface area contributed by atoms with E-state index in [2.05, 4.69) is 15.1 Å². The van der Waals surface area contributed by atoms with Crippen molar-refractivity contribution in [1.29, 1.82) is 0 Å². The van der Waals surface area contributed by atoms with Crippen LogP contribution in [0.4, 0.5) is 0 Å². The molecular weight excluding hydrogens is 206 g/mol. The zero-order valence-electron chi connectivity index (χ0n) is 9.00. The van der Waals surface area contributed by atoms with E-state index >= 15 is 0 Å². The van der Waals surface area contributed by atoms with E-state index < -0.39 is 0 Å². The van der Waals surface area contributed by atoms with Crippen molar-refractivity contribution in [2.75, 3.05) is 0 Å². The second-order valence-corrected chi connectivity index (χ2v) is 4.17. The summed E-state index contributed by atoms with van der Waals surface area (Å²) in [6.07, 6.45) is 5.71. The van der Waals surface area contributed by atoms with Gasteiger partial charge in [0.1, 0.15) is 6.04 Å². The van der Waals surface area contributed by atoms with Crippen LogP contribution in [0.25, 0.3) is 0 Å². The van der Waals surface area contributed by atoms with Gasteiger partial charge in [0.15, 0.2) is 5.82 Å². The van der Waals surface area contributed by atoms with Gasteiger partial charge in [0.05, 0.1) is 18.2 Å². The number of aromatic nitrogens is 4. The van der Waals surface area contributed by atoms with Crippen molar-refractivity contribution >= 4 is 0 Å². The fraction of sp³-hybridized carbons (Fsp3) is 0.500. The van der Waals surface area contributed by atoms with Crippen LogP contribution in [0.15, 0.2) is 17.0 Å². The molecule has 1 atom stereocenters. The molecule has 3 rings (SSSR count). The predicted octanol–water partition coefficient (Wildman–Crippen LogP) is 0.729. The molecule has 6 heteroatoms. The van der Waals surface area contributed by atoms with Crippen LogP contribution in [0.3, 0.4) is 0 Å². The second kappa shape index (κ2) is 3.41. The largest absolute Gasteiger partial charge is 0.339 e. The molecule has 2 heterocycles. The normalized spacial score (nSPS) is 17.6. The fourth-order valence-corrected chi connectivity index (χ4v) is 1.67. The zero-order valence-corrected chi connectivity index (χ0v) is 9.00. The van der Waals surface area contributed by atoms with E-state index in [1.54, 1.807) is 12.5 Å². The average molecular weight is 219 g/mol. The molecule has 0 aliphatic heterocycles. The molecule has 0 saturated heterocycles. The first kappa shape index (κ1) is 9.53. The summed E-state index contributed by atoms with van der Waals surface area (Å²) in [6, 6.07) is -0.372. The van der Waals surface area contributed by atoms with E-state index in [1.165, 1.54) is 0 Å². The molecule has 1 aliphatic rings. The Kier molecular flexibility index (Phi) is 2.03. The van der Waals surface area contributed by atoms with Crippen molar-refractivity contribution < 1.29 is 4.52 Å². The van der Waals surface area contributed by atoms with Crippen LogP contribution in [-0.4, -0.2) is 19.7 Å². The van der Waals surface area contributed by atoms with Crippen molar-refractivity contribution in [1.82, 2.24) is 19.7 Å².